The molecule has 1 aromatic heterocycles. The summed E-state index contributed by atoms with van der Waals surface area (Å²) in [4.78, 5) is 17.1. The number of pyridine rings is 1. The summed E-state index contributed by atoms with van der Waals surface area (Å²) in [7, 11) is -3.76. The molecule has 8 heteroatoms. The summed E-state index contributed by atoms with van der Waals surface area (Å²) in [5.41, 5.74) is 1.58. The third-order valence-electron chi connectivity index (χ3n) is 5.22. The number of nitrogens with one attached hydrogen (secondary N) is 1. The van der Waals surface area contributed by atoms with E-state index in [1.807, 2.05) is 30.3 Å². The van der Waals surface area contributed by atoms with Gasteiger partial charge in [0.15, 0.2) is 0 Å². The molecule has 1 aliphatic heterocycles. The maximum Gasteiger partial charge on any atom is 0.255 e. The van der Waals surface area contributed by atoms with Crippen LogP contribution in [0.25, 0.3) is 10.9 Å². The number of rotatable bonds is 4. The van der Waals surface area contributed by atoms with E-state index < -0.39 is 15.9 Å². The Hall–Kier alpha value is -2.48. The van der Waals surface area contributed by atoms with Crippen LogP contribution in [0.4, 0.5) is 5.69 Å². The van der Waals surface area contributed by atoms with E-state index >= 15 is 0 Å². The van der Waals surface area contributed by atoms with Gasteiger partial charge in [-0.05, 0) is 43.2 Å². The number of para-hydroxylation sites is 1. The van der Waals surface area contributed by atoms with E-state index in [-0.39, 0.29) is 15.5 Å². The number of fused-ring (bicyclic) bond motifs is 1. The smallest absolute Gasteiger partial charge is 0.255 e. The van der Waals surface area contributed by atoms with E-state index in [1.54, 1.807) is 6.20 Å². The zero-order chi connectivity index (χ0) is 21.1. The molecule has 1 aliphatic rings. The molecule has 6 nitrogen and oxygen atoms in total. The second-order valence-corrected chi connectivity index (χ2v) is 9.65. The number of sulfonamides is 1. The van der Waals surface area contributed by atoms with E-state index in [0.717, 1.165) is 36.6 Å². The minimum absolute atomic E-state index is 0.0321. The number of anilines is 1. The van der Waals surface area contributed by atoms with Gasteiger partial charge in [0, 0.05) is 24.0 Å². The number of amides is 1. The van der Waals surface area contributed by atoms with E-state index in [4.69, 9.17) is 11.6 Å². The highest BCUT2D eigenvalue weighted by Crippen LogP contribution is 2.28. The van der Waals surface area contributed by atoms with Crippen molar-refractivity contribution in [2.75, 3.05) is 18.4 Å². The first-order valence-electron chi connectivity index (χ1n) is 9.91. The highest BCUT2D eigenvalue weighted by atomic mass is 35.5. The Balaban J connectivity index is 1.60. The Morgan fingerprint density at radius 3 is 2.50 bits per heavy atom. The molecular formula is C22H22ClN3O3S. The highest BCUT2D eigenvalue weighted by Gasteiger charge is 2.28. The lowest BCUT2D eigenvalue weighted by atomic mass is 10.2. The van der Waals surface area contributed by atoms with E-state index in [0.29, 0.717) is 18.8 Å². The minimum Gasteiger partial charge on any atom is -0.321 e. The number of benzene rings is 2. The quantitative estimate of drug-likeness (QED) is 0.633. The van der Waals surface area contributed by atoms with E-state index in [9.17, 15) is 13.2 Å². The first-order valence-corrected chi connectivity index (χ1v) is 11.7. The number of hydrogen-bond acceptors (Lipinski definition) is 4. The summed E-state index contributed by atoms with van der Waals surface area (Å²) in [5, 5.41) is 3.80. The molecule has 1 fully saturated rings. The monoisotopic (exact) mass is 443 g/mol. The molecule has 2 aromatic carbocycles. The SMILES string of the molecule is O=C(Nc1cnc2ccccc2c1)c1ccc(Cl)c(S(=O)(=O)N2CCCCCC2)c1. The van der Waals surface area contributed by atoms with Gasteiger partial charge in [0.25, 0.3) is 5.91 Å². The molecule has 2 heterocycles. The standard InChI is InChI=1S/C22H22ClN3O3S/c23-19-10-9-17(14-21(19)30(28,29)26-11-5-1-2-6-12-26)22(27)25-18-13-16-7-3-4-8-20(16)24-15-18/h3-4,7-10,13-15H,1-2,5-6,11-12H2,(H,25,27). The summed E-state index contributed by atoms with van der Waals surface area (Å²) in [6.45, 7) is 0.940. The third kappa shape index (κ3) is 4.33. The number of aromatic nitrogens is 1. The van der Waals surface area contributed by atoms with Gasteiger partial charge in [-0.15, -0.1) is 0 Å². The maximum absolute atomic E-state index is 13.1. The molecular weight excluding hydrogens is 422 g/mol. The van der Waals surface area contributed by atoms with Crippen LogP contribution >= 0.6 is 11.6 Å². The predicted molar refractivity (Wildman–Crippen MR) is 118 cm³/mol. The largest absolute Gasteiger partial charge is 0.321 e. The number of carbonyl (C=O) groups excluding carboxylic acids is 1. The molecule has 0 spiro atoms. The molecule has 4 rings (SSSR count). The molecule has 0 bridgehead atoms. The molecule has 3 aromatic rings. The molecule has 0 unspecified atom stereocenters. The van der Waals surface area contributed by atoms with Gasteiger partial charge in [0.1, 0.15) is 4.90 Å². The molecule has 156 valence electrons. The minimum atomic E-state index is -3.76. The lowest BCUT2D eigenvalue weighted by molar-refractivity contribution is 0.102. The number of hydrogen-bond donors (Lipinski definition) is 1. The number of carbonyl (C=O) groups is 1. The molecule has 1 saturated heterocycles. The highest BCUT2D eigenvalue weighted by molar-refractivity contribution is 7.89. The molecule has 1 amide bonds. The van der Waals surface area contributed by atoms with Gasteiger partial charge in [0.2, 0.25) is 10.0 Å². The molecule has 0 atom stereocenters. The zero-order valence-electron chi connectivity index (χ0n) is 16.3. The van der Waals surface area contributed by atoms with E-state index in [1.165, 1.54) is 22.5 Å². The van der Waals surface area contributed by atoms with Crippen LogP contribution in [0, 0.1) is 0 Å². The molecule has 0 radical (unpaired) electrons. The fourth-order valence-corrected chi connectivity index (χ4v) is 5.62. The van der Waals surface area contributed by atoms with Gasteiger partial charge < -0.3 is 5.32 Å². The zero-order valence-corrected chi connectivity index (χ0v) is 17.9. The predicted octanol–water partition coefficient (Wildman–Crippen LogP) is 4.71. The third-order valence-corrected chi connectivity index (χ3v) is 7.60. The first kappa shape index (κ1) is 20.8. The Labute approximate surface area is 180 Å². The normalized spacial score (nSPS) is 15.6. The van der Waals surface area contributed by atoms with Crippen LogP contribution in [-0.2, 0) is 10.0 Å². The van der Waals surface area contributed by atoms with Gasteiger partial charge in [-0.25, -0.2) is 8.42 Å². The van der Waals surface area contributed by atoms with Crippen molar-refractivity contribution >= 4 is 44.1 Å². The maximum atomic E-state index is 13.1. The van der Waals surface area contributed by atoms with Crippen LogP contribution in [0.3, 0.4) is 0 Å². The van der Waals surface area contributed by atoms with Crippen LogP contribution in [0.2, 0.25) is 5.02 Å². The van der Waals surface area contributed by atoms with Crippen molar-refractivity contribution in [3.63, 3.8) is 0 Å². The van der Waals surface area contributed by atoms with Gasteiger partial charge in [-0.1, -0.05) is 42.6 Å². The van der Waals surface area contributed by atoms with Gasteiger partial charge >= 0.3 is 0 Å². The average molecular weight is 444 g/mol. The molecule has 0 saturated carbocycles. The van der Waals surface area contributed by atoms with Crippen LogP contribution < -0.4 is 5.32 Å². The Kier molecular flexibility index (Phi) is 6.04. The van der Waals surface area contributed by atoms with Crippen LogP contribution in [0.1, 0.15) is 36.0 Å². The van der Waals surface area contributed by atoms with Gasteiger partial charge in [-0.3, -0.25) is 9.78 Å². The fourth-order valence-electron chi connectivity index (χ4n) is 3.61. The second-order valence-electron chi connectivity index (χ2n) is 7.33. The van der Waals surface area contributed by atoms with Crippen molar-refractivity contribution in [1.82, 2.24) is 9.29 Å². The lowest BCUT2D eigenvalue weighted by Crippen LogP contribution is -2.32. The van der Waals surface area contributed by atoms with Crippen molar-refractivity contribution in [2.24, 2.45) is 0 Å². The second kappa shape index (κ2) is 8.71. The number of nitrogens with zero attached hydrogens (tertiary/aromatic N) is 2. The summed E-state index contributed by atoms with van der Waals surface area (Å²) >= 11 is 6.22. The summed E-state index contributed by atoms with van der Waals surface area (Å²) < 4.78 is 27.7. The Bertz CT molecular complexity index is 1190. The van der Waals surface area contributed by atoms with E-state index in [2.05, 4.69) is 10.3 Å². The van der Waals surface area contributed by atoms with Crippen LogP contribution in [0.15, 0.2) is 59.6 Å². The lowest BCUT2D eigenvalue weighted by Gasteiger charge is -2.21. The molecule has 0 aliphatic carbocycles. The number of halogens is 1. The van der Waals surface area contributed by atoms with Crippen molar-refractivity contribution in [3.05, 3.63) is 65.3 Å². The molecule has 1 N–H and O–H groups in total. The summed E-state index contributed by atoms with van der Waals surface area (Å²) in [6.07, 6.45) is 5.26. The fraction of sp³-hybridized carbons (Fsp3) is 0.273. The van der Waals surface area contributed by atoms with Crippen molar-refractivity contribution in [2.45, 2.75) is 30.6 Å². The van der Waals surface area contributed by atoms with Crippen LogP contribution in [-0.4, -0.2) is 36.7 Å². The first-order chi connectivity index (χ1) is 14.4. The van der Waals surface area contributed by atoms with Crippen molar-refractivity contribution in [3.8, 4) is 0 Å². The Morgan fingerprint density at radius 2 is 1.73 bits per heavy atom. The Morgan fingerprint density at radius 1 is 1.00 bits per heavy atom. The molecule has 30 heavy (non-hydrogen) atoms. The summed E-state index contributed by atoms with van der Waals surface area (Å²) in [5.74, 6) is -0.420. The summed E-state index contributed by atoms with van der Waals surface area (Å²) in [6, 6.07) is 13.7. The average Bonchev–Trinajstić information content (AvgIpc) is 3.04. The van der Waals surface area contributed by atoms with Gasteiger partial charge in [-0.2, -0.15) is 4.31 Å². The van der Waals surface area contributed by atoms with Gasteiger partial charge in [0.05, 0.1) is 22.4 Å². The van der Waals surface area contributed by atoms with Crippen molar-refractivity contribution in [1.29, 1.82) is 0 Å². The topological polar surface area (TPSA) is 79.4 Å². The van der Waals surface area contributed by atoms with Crippen LogP contribution in [0.5, 0.6) is 0 Å². The van der Waals surface area contributed by atoms with Crippen molar-refractivity contribution < 1.29 is 13.2 Å².